The summed E-state index contributed by atoms with van der Waals surface area (Å²) in [5.41, 5.74) is 3.01. The van der Waals surface area contributed by atoms with Crippen LogP contribution in [0.2, 0.25) is 0 Å². The average Bonchev–Trinajstić information content (AvgIpc) is 3.42. The first kappa shape index (κ1) is 23.5. The van der Waals surface area contributed by atoms with E-state index >= 15 is 0 Å². The Kier molecular flexibility index (Phi) is 5.46. The summed E-state index contributed by atoms with van der Waals surface area (Å²) in [7, 11) is 0. The first-order chi connectivity index (χ1) is 17.7. The number of amides is 1. The lowest BCUT2D eigenvalue weighted by molar-refractivity contribution is -0.141. The van der Waals surface area contributed by atoms with Crippen LogP contribution in [0, 0.1) is 0 Å². The Morgan fingerprint density at radius 3 is 2.76 bits per heavy atom. The zero-order valence-corrected chi connectivity index (χ0v) is 20.3. The SMILES string of the molecule is CC1(C(=O)Nc2cn[nH]c2-c2cc3c(cn2)c(N2CCC2)nn3CC(F)(F)F)CCCc2ccccc21. The molecule has 1 aliphatic heterocycles. The lowest BCUT2D eigenvalue weighted by atomic mass is 9.70. The van der Waals surface area contributed by atoms with Crippen LogP contribution >= 0.6 is 0 Å². The average molecular weight is 510 g/mol. The second kappa shape index (κ2) is 8.60. The Bertz CT molecular complexity index is 1490. The fraction of sp³-hybridized carbons (Fsp3) is 0.385. The number of carbonyl (C=O) groups excluding carboxylic acids is 1. The van der Waals surface area contributed by atoms with Crippen molar-refractivity contribution in [3.8, 4) is 11.4 Å². The zero-order valence-electron chi connectivity index (χ0n) is 20.3. The summed E-state index contributed by atoms with van der Waals surface area (Å²) in [5, 5.41) is 14.8. The van der Waals surface area contributed by atoms with Crippen LogP contribution in [-0.2, 0) is 23.2 Å². The number of aromatic amines is 1. The molecule has 0 bridgehead atoms. The van der Waals surface area contributed by atoms with Gasteiger partial charge in [0.05, 0.1) is 33.9 Å². The van der Waals surface area contributed by atoms with Gasteiger partial charge in [-0.1, -0.05) is 24.3 Å². The molecule has 0 radical (unpaired) electrons. The van der Waals surface area contributed by atoms with E-state index in [4.69, 9.17) is 0 Å². The van der Waals surface area contributed by atoms with Crippen molar-refractivity contribution in [1.29, 1.82) is 0 Å². The van der Waals surface area contributed by atoms with E-state index in [2.05, 4.69) is 31.7 Å². The monoisotopic (exact) mass is 509 g/mol. The summed E-state index contributed by atoms with van der Waals surface area (Å²) in [6, 6.07) is 9.54. The molecule has 0 spiro atoms. The largest absolute Gasteiger partial charge is 0.408 e. The molecule has 4 aromatic rings. The second-order valence-electron chi connectivity index (χ2n) is 9.98. The Morgan fingerprint density at radius 2 is 2.00 bits per heavy atom. The molecule has 0 saturated carbocycles. The number of alkyl halides is 3. The molecule has 8 nitrogen and oxygen atoms in total. The molecular weight excluding hydrogens is 483 g/mol. The van der Waals surface area contributed by atoms with Crippen molar-refractivity contribution in [2.24, 2.45) is 0 Å². The van der Waals surface area contributed by atoms with Crippen molar-refractivity contribution in [2.75, 3.05) is 23.3 Å². The van der Waals surface area contributed by atoms with Crippen molar-refractivity contribution < 1.29 is 18.0 Å². The number of nitrogens with one attached hydrogen (secondary N) is 2. The number of anilines is 2. The van der Waals surface area contributed by atoms with Gasteiger partial charge in [-0.05, 0) is 49.8 Å². The molecule has 192 valence electrons. The van der Waals surface area contributed by atoms with Crippen LogP contribution in [-0.4, -0.2) is 50.1 Å². The number of benzene rings is 1. The minimum absolute atomic E-state index is 0.162. The molecule has 1 atom stereocenters. The predicted molar refractivity (Wildman–Crippen MR) is 133 cm³/mol. The molecule has 1 amide bonds. The van der Waals surface area contributed by atoms with E-state index in [0.29, 0.717) is 40.2 Å². The molecular formula is C26H26F3N7O. The maximum absolute atomic E-state index is 13.6. The standard InChI is InChI=1S/C26H26F3N7O/c1-25(9-4-7-16-6-2-3-8-18(16)25)24(37)32-20-14-31-33-22(20)19-12-21-17(13-30-19)23(35-10-5-11-35)34-36(21)15-26(27,28)29/h2-3,6,8,12-14H,4-5,7,9-11,15H2,1H3,(H,31,33)(H,32,37). The van der Waals surface area contributed by atoms with Crippen LogP contribution in [0.25, 0.3) is 22.3 Å². The van der Waals surface area contributed by atoms with Crippen LogP contribution in [0.15, 0.2) is 42.7 Å². The van der Waals surface area contributed by atoms with E-state index < -0.39 is 18.1 Å². The number of pyridine rings is 1. The topological polar surface area (TPSA) is 91.7 Å². The van der Waals surface area contributed by atoms with Gasteiger partial charge in [-0.15, -0.1) is 0 Å². The van der Waals surface area contributed by atoms with E-state index in [9.17, 15) is 18.0 Å². The Balaban J connectivity index is 1.35. The van der Waals surface area contributed by atoms with Crippen LogP contribution in [0.4, 0.5) is 24.7 Å². The first-order valence-electron chi connectivity index (χ1n) is 12.3. The number of H-pyrrole nitrogens is 1. The highest BCUT2D eigenvalue weighted by atomic mass is 19.4. The first-order valence-corrected chi connectivity index (χ1v) is 12.3. The summed E-state index contributed by atoms with van der Waals surface area (Å²) in [4.78, 5) is 20.0. The molecule has 2 N–H and O–H groups in total. The van der Waals surface area contributed by atoms with Crippen LogP contribution in [0.1, 0.15) is 37.3 Å². The lowest BCUT2D eigenvalue weighted by Crippen LogP contribution is -2.40. The number of rotatable bonds is 5. The summed E-state index contributed by atoms with van der Waals surface area (Å²) in [6.45, 7) is 2.24. The third-order valence-corrected chi connectivity index (χ3v) is 7.48. The lowest BCUT2D eigenvalue weighted by Gasteiger charge is -2.34. The van der Waals surface area contributed by atoms with Crippen molar-refractivity contribution >= 4 is 28.3 Å². The smallest absolute Gasteiger partial charge is 0.354 e. The number of fused-ring (bicyclic) bond motifs is 2. The number of hydrogen-bond acceptors (Lipinski definition) is 5. The van der Waals surface area contributed by atoms with Gasteiger partial charge < -0.3 is 10.2 Å². The number of hydrogen-bond donors (Lipinski definition) is 2. The van der Waals surface area contributed by atoms with E-state index in [1.54, 1.807) is 12.3 Å². The number of aryl methyl sites for hydroxylation is 1. The van der Waals surface area contributed by atoms with Gasteiger partial charge in [0.15, 0.2) is 5.82 Å². The van der Waals surface area contributed by atoms with E-state index in [-0.39, 0.29) is 5.91 Å². The maximum Gasteiger partial charge on any atom is 0.408 e. The summed E-state index contributed by atoms with van der Waals surface area (Å²) in [5.74, 6) is 0.345. The third kappa shape index (κ3) is 4.11. The Morgan fingerprint density at radius 1 is 1.19 bits per heavy atom. The molecule has 11 heteroatoms. The van der Waals surface area contributed by atoms with Gasteiger partial charge in [-0.3, -0.25) is 19.6 Å². The highest BCUT2D eigenvalue weighted by Crippen LogP contribution is 2.39. The molecule has 1 saturated heterocycles. The minimum atomic E-state index is -4.42. The number of nitrogens with zero attached hydrogens (tertiary/aromatic N) is 5. The molecule has 3 aromatic heterocycles. The molecule has 6 rings (SSSR count). The zero-order chi connectivity index (χ0) is 25.8. The molecule has 1 unspecified atom stereocenters. The van der Waals surface area contributed by atoms with Crippen molar-refractivity contribution in [2.45, 2.75) is 50.7 Å². The second-order valence-corrected chi connectivity index (χ2v) is 9.98. The molecule has 4 heterocycles. The molecule has 1 fully saturated rings. The Labute approximate surface area is 210 Å². The summed E-state index contributed by atoms with van der Waals surface area (Å²) < 4.78 is 40.9. The maximum atomic E-state index is 13.6. The van der Waals surface area contributed by atoms with Crippen LogP contribution in [0.3, 0.4) is 0 Å². The van der Waals surface area contributed by atoms with Gasteiger partial charge >= 0.3 is 6.18 Å². The quantitative estimate of drug-likeness (QED) is 0.402. The minimum Gasteiger partial charge on any atom is -0.354 e. The van der Waals surface area contributed by atoms with Crippen LogP contribution < -0.4 is 10.2 Å². The van der Waals surface area contributed by atoms with Crippen molar-refractivity contribution in [1.82, 2.24) is 25.0 Å². The number of halogens is 3. The predicted octanol–water partition coefficient (Wildman–Crippen LogP) is 4.83. The van der Waals surface area contributed by atoms with E-state index in [0.717, 1.165) is 42.6 Å². The normalized spacial score (nSPS) is 19.5. The fourth-order valence-corrected chi connectivity index (χ4v) is 5.36. The van der Waals surface area contributed by atoms with Gasteiger partial charge in [0, 0.05) is 19.3 Å². The van der Waals surface area contributed by atoms with Crippen LogP contribution in [0.5, 0.6) is 0 Å². The molecule has 37 heavy (non-hydrogen) atoms. The van der Waals surface area contributed by atoms with Gasteiger partial charge in [0.1, 0.15) is 12.2 Å². The third-order valence-electron chi connectivity index (χ3n) is 7.48. The van der Waals surface area contributed by atoms with Gasteiger partial charge in [0.25, 0.3) is 0 Å². The summed E-state index contributed by atoms with van der Waals surface area (Å²) >= 11 is 0. The van der Waals surface area contributed by atoms with Gasteiger partial charge in [-0.25, -0.2) is 0 Å². The Hall–Kier alpha value is -3.89. The van der Waals surface area contributed by atoms with Gasteiger partial charge in [-0.2, -0.15) is 23.4 Å². The molecule has 1 aliphatic carbocycles. The van der Waals surface area contributed by atoms with Crippen molar-refractivity contribution in [3.63, 3.8) is 0 Å². The number of aromatic nitrogens is 5. The molecule has 1 aromatic carbocycles. The summed E-state index contributed by atoms with van der Waals surface area (Å²) in [6.07, 6.45) is 2.14. The van der Waals surface area contributed by atoms with E-state index in [1.807, 2.05) is 30.0 Å². The fourth-order valence-electron chi connectivity index (χ4n) is 5.36. The van der Waals surface area contributed by atoms with Gasteiger partial charge in [0.2, 0.25) is 5.91 Å². The number of carbonyl (C=O) groups is 1. The van der Waals surface area contributed by atoms with E-state index in [1.165, 1.54) is 11.8 Å². The van der Waals surface area contributed by atoms with Crippen molar-refractivity contribution in [3.05, 3.63) is 53.9 Å². The highest BCUT2D eigenvalue weighted by molar-refractivity contribution is 6.02. The highest BCUT2D eigenvalue weighted by Gasteiger charge is 2.39. The molecule has 2 aliphatic rings.